The van der Waals surface area contributed by atoms with Crippen molar-refractivity contribution in [3.63, 3.8) is 0 Å². The summed E-state index contributed by atoms with van der Waals surface area (Å²) in [5.41, 5.74) is 1.02. The molecule has 0 aliphatic carbocycles. The molecule has 0 fully saturated rings. The molecular formula is C15H11FO4S. The Hall–Kier alpha value is -2.21. The third-order valence-corrected chi connectivity index (χ3v) is 4.11. The van der Waals surface area contributed by atoms with E-state index < -0.39 is 11.8 Å². The second-order valence-electron chi connectivity index (χ2n) is 4.43. The van der Waals surface area contributed by atoms with E-state index in [-0.39, 0.29) is 12.4 Å². The molecular weight excluding hydrogens is 295 g/mol. The Balaban J connectivity index is 1.75. The van der Waals surface area contributed by atoms with Gasteiger partial charge in [0, 0.05) is 10.6 Å². The first-order valence-corrected chi connectivity index (χ1v) is 7.16. The minimum atomic E-state index is -1.07. The fourth-order valence-electron chi connectivity index (χ4n) is 1.94. The van der Waals surface area contributed by atoms with Crippen LogP contribution in [0.1, 0.15) is 15.9 Å². The number of hydrogen-bond acceptors (Lipinski definition) is 4. The predicted molar refractivity (Wildman–Crippen MR) is 75.5 cm³/mol. The van der Waals surface area contributed by atoms with Crippen LogP contribution in [0.3, 0.4) is 0 Å². The molecule has 2 aromatic carbocycles. The highest BCUT2D eigenvalue weighted by Crippen LogP contribution is 2.34. The quantitative estimate of drug-likeness (QED) is 0.876. The molecule has 3 rings (SSSR count). The zero-order chi connectivity index (χ0) is 14.8. The topological polar surface area (TPSA) is 55.8 Å². The summed E-state index contributed by atoms with van der Waals surface area (Å²) in [5.74, 6) is 0.387. The van der Waals surface area contributed by atoms with Gasteiger partial charge in [0.05, 0.1) is 5.56 Å². The van der Waals surface area contributed by atoms with E-state index in [1.54, 1.807) is 0 Å². The summed E-state index contributed by atoms with van der Waals surface area (Å²) in [5, 5.41) is 8.93. The summed E-state index contributed by atoms with van der Waals surface area (Å²) in [7, 11) is 0. The Morgan fingerprint density at radius 1 is 1.19 bits per heavy atom. The van der Waals surface area contributed by atoms with Crippen molar-refractivity contribution in [2.75, 3.05) is 6.79 Å². The summed E-state index contributed by atoms with van der Waals surface area (Å²) in [6.07, 6.45) is 0. The maximum Gasteiger partial charge on any atom is 0.335 e. The van der Waals surface area contributed by atoms with E-state index in [9.17, 15) is 9.18 Å². The minimum Gasteiger partial charge on any atom is -0.478 e. The van der Waals surface area contributed by atoms with Crippen LogP contribution in [-0.4, -0.2) is 17.9 Å². The molecule has 4 nitrogen and oxygen atoms in total. The van der Waals surface area contributed by atoms with Gasteiger partial charge in [0.15, 0.2) is 11.5 Å². The number of carbonyl (C=O) groups is 1. The number of aromatic carboxylic acids is 1. The molecule has 0 saturated heterocycles. The number of carboxylic acids is 1. The first-order valence-electron chi connectivity index (χ1n) is 6.17. The first kappa shape index (κ1) is 13.8. The van der Waals surface area contributed by atoms with Crippen LogP contribution < -0.4 is 9.47 Å². The minimum absolute atomic E-state index is 0.0737. The maximum absolute atomic E-state index is 13.7. The number of hydrogen-bond donors (Lipinski definition) is 1. The summed E-state index contributed by atoms with van der Waals surface area (Å²) < 4.78 is 24.2. The fraction of sp³-hybridized carbons (Fsp3) is 0.133. The van der Waals surface area contributed by atoms with Gasteiger partial charge in [-0.2, -0.15) is 0 Å². The SMILES string of the molecule is O=C(O)c1ccc(F)c(SCc2ccc3c(c2)OCO3)c1. The van der Waals surface area contributed by atoms with Gasteiger partial charge in [0.1, 0.15) is 5.82 Å². The van der Waals surface area contributed by atoms with Crippen LogP contribution in [-0.2, 0) is 5.75 Å². The van der Waals surface area contributed by atoms with Gasteiger partial charge in [-0.25, -0.2) is 9.18 Å². The van der Waals surface area contributed by atoms with Crippen molar-refractivity contribution >= 4 is 17.7 Å². The maximum atomic E-state index is 13.7. The molecule has 2 aromatic rings. The lowest BCUT2D eigenvalue weighted by atomic mass is 10.2. The van der Waals surface area contributed by atoms with Gasteiger partial charge in [0.2, 0.25) is 6.79 Å². The van der Waals surface area contributed by atoms with Gasteiger partial charge in [-0.1, -0.05) is 6.07 Å². The molecule has 108 valence electrons. The van der Waals surface area contributed by atoms with Gasteiger partial charge in [0.25, 0.3) is 0 Å². The lowest BCUT2D eigenvalue weighted by Gasteiger charge is -2.06. The van der Waals surface area contributed by atoms with E-state index >= 15 is 0 Å². The standard InChI is InChI=1S/C15H11FO4S/c16-11-3-2-10(15(17)18)6-14(11)21-7-9-1-4-12-13(5-9)20-8-19-12/h1-6H,7-8H2,(H,17,18). The van der Waals surface area contributed by atoms with Gasteiger partial charge < -0.3 is 14.6 Å². The highest BCUT2D eigenvalue weighted by molar-refractivity contribution is 7.98. The van der Waals surface area contributed by atoms with E-state index in [4.69, 9.17) is 14.6 Å². The van der Waals surface area contributed by atoms with Gasteiger partial charge in [-0.3, -0.25) is 0 Å². The lowest BCUT2D eigenvalue weighted by Crippen LogP contribution is -1.97. The van der Waals surface area contributed by atoms with Crippen molar-refractivity contribution in [2.24, 2.45) is 0 Å². The Labute approximate surface area is 124 Å². The van der Waals surface area contributed by atoms with Gasteiger partial charge >= 0.3 is 5.97 Å². The second kappa shape index (κ2) is 5.65. The summed E-state index contributed by atoms with van der Waals surface area (Å²) in [4.78, 5) is 11.2. The highest BCUT2D eigenvalue weighted by Gasteiger charge is 2.14. The molecule has 0 unspecified atom stereocenters. The van der Waals surface area contributed by atoms with E-state index in [1.807, 2.05) is 18.2 Å². The molecule has 1 aliphatic heterocycles. The van der Waals surface area contributed by atoms with E-state index in [0.717, 1.165) is 5.56 Å². The molecule has 0 amide bonds. The third-order valence-electron chi connectivity index (χ3n) is 3.01. The highest BCUT2D eigenvalue weighted by atomic mass is 32.2. The molecule has 0 radical (unpaired) electrons. The summed E-state index contributed by atoms with van der Waals surface area (Å²) >= 11 is 1.24. The number of halogens is 1. The number of benzene rings is 2. The Morgan fingerprint density at radius 2 is 2.00 bits per heavy atom. The Morgan fingerprint density at radius 3 is 2.81 bits per heavy atom. The van der Waals surface area contributed by atoms with Crippen molar-refractivity contribution in [2.45, 2.75) is 10.6 Å². The number of fused-ring (bicyclic) bond motifs is 1. The van der Waals surface area contributed by atoms with Crippen molar-refractivity contribution < 1.29 is 23.8 Å². The first-order chi connectivity index (χ1) is 10.1. The molecule has 0 saturated carbocycles. The Bertz CT molecular complexity index is 702. The average Bonchev–Trinajstić information content (AvgIpc) is 2.93. The number of thioether (sulfide) groups is 1. The number of carboxylic acid groups (broad SMARTS) is 1. The molecule has 0 aromatic heterocycles. The molecule has 0 atom stereocenters. The second-order valence-corrected chi connectivity index (χ2v) is 5.44. The van der Waals surface area contributed by atoms with E-state index in [1.165, 1.54) is 30.0 Å². The number of ether oxygens (including phenoxy) is 2. The predicted octanol–water partition coefficient (Wildman–Crippen LogP) is 3.54. The normalized spacial score (nSPS) is 12.4. The van der Waals surface area contributed by atoms with Crippen molar-refractivity contribution in [3.8, 4) is 11.5 Å². The van der Waals surface area contributed by atoms with Crippen LogP contribution in [0.4, 0.5) is 4.39 Å². The van der Waals surface area contributed by atoms with E-state index in [2.05, 4.69) is 0 Å². The third kappa shape index (κ3) is 2.95. The van der Waals surface area contributed by atoms with Crippen LogP contribution >= 0.6 is 11.8 Å². The molecule has 21 heavy (non-hydrogen) atoms. The molecule has 0 bridgehead atoms. The van der Waals surface area contributed by atoms with Crippen molar-refractivity contribution in [1.29, 1.82) is 0 Å². The molecule has 0 spiro atoms. The van der Waals surface area contributed by atoms with Crippen LogP contribution in [0.15, 0.2) is 41.3 Å². The van der Waals surface area contributed by atoms with Crippen LogP contribution in [0.2, 0.25) is 0 Å². The summed E-state index contributed by atoms with van der Waals surface area (Å²) in [6.45, 7) is 0.210. The molecule has 1 N–H and O–H groups in total. The van der Waals surface area contributed by atoms with Crippen LogP contribution in [0.25, 0.3) is 0 Å². The monoisotopic (exact) mass is 306 g/mol. The molecule has 1 aliphatic rings. The number of rotatable bonds is 4. The summed E-state index contributed by atoms with van der Waals surface area (Å²) in [6, 6.07) is 9.29. The lowest BCUT2D eigenvalue weighted by molar-refractivity contribution is 0.0696. The average molecular weight is 306 g/mol. The molecule has 1 heterocycles. The van der Waals surface area contributed by atoms with Crippen molar-refractivity contribution in [1.82, 2.24) is 0 Å². The van der Waals surface area contributed by atoms with Crippen LogP contribution in [0.5, 0.6) is 11.5 Å². The smallest absolute Gasteiger partial charge is 0.335 e. The largest absolute Gasteiger partial charge is 0.478 e. The Kier molecular flexibility index (Phi) is 3.70. The van der Waals surface area contributed by atoms with Gasteiger partial charge in [-0.05, 0) is 35.9 Å². The molecule has 6 heteroatoms. The van der Waals surface area contributed by atoms with Gasteiger partial charge in [-0.15, -0.1) is 11.8 Å². The zero-order valence-corrected chi connectivity index (χ0v) is 11.7. The van der Waals surface area contributed by atoms with E-state index in [0.29, 0.717) is 22.1 Å². The van der Waals surface area contributed by atoms with Crippen LogP contribution in [0, 0.1) is 5.82 Å². The fourth-order valence-corrected chi connectivity index (χ4v) is 2.86. The van der Waals surface area contributed by atoms with Crippen molar-refractivity contribution in [3.05, 3.63) is 53.3 Å². The zero-order valence-electron chi connectivity index (χ0n) is 10.8.